The Hall–Kier alpha value is -5.65. The second-order valence-electron chi connectivity index (χ2n) is 20.3. The molecule has 41 nitrogen and oxygen atoms in total. The van der Waals surface area contributed by atoms with Crippen molar-refractivity contribution in [2.45, 2.75) is 93.7 Å². The van der Waals surface area contributed by atoms with Crippen LogP contribution in [-0.4, -0.2) is 212 Å². The molecule has 4 aliphatic rings. The number of methoxy groups -OCH3 is 3. The molecule has 3 fully saturated rings. The molecular formula is C44H66N15O26P4+. The number of aliphatic hydroxyl groups is 3. The number of anilines is 2. The van der Waals surface area contributed by atoms with E-state index in [1.807, 2.05) is 6.92 Å². The molecule has 492 valence electrons. The Balaban J connectivity index is 0.903. The standard InChI is InChI=1S/C44H65N15O26P4/c1-6-20-7-8-48-35-27(26(20)45)49-17-57(35)42-34(76-5)33(83-86(66,67)77-15-23-31(62)32(63)41(81-23)58-18-50-28-36(58)51-43(46)53-38(28)64)24(82-42)16-79-88(70,71)85-89(72,73)84-87(68,69)78-14-22-21(13-25(60)56(9-11-74-3)10-12-75-4)30(61)40(80-22)59-19-55(2)29-37(59)52-44(47)54-39(29)65/h8,17-19,21-24,30-34,40-42,61-63H,6-7,9-16,45H2,1-5H3,(H9-,46,47,51,52,53,54,64,65,66,67,68,69,70,71,72,73)/p+1/t21-,22-,23-,24-,30-,31-,32-,33-,34-,40?,41-,42-/m1/s1. The van der Waals surface area contributed by atoms with Crippen molar-refractivity contribution in [2.75, 3.05) is 78.9 Å². The van der Waals surface area contributed by atoms with Crippen molar-refractivity contribution in [1.29, 1.82) is 0 Å². The third-order valence-electron chi connectivity index (χ3n) is 14.6. The molecule has 15 N–H and O–H groups in total. The van der Waals surface area contributed by atoms with E-state index in [-0.39, 0.29) is 77.7 Å². The molecule has 0 spiro atoms. The van der Waals surface area contributed by atoms with Crippen LogP contribution in [-0.2, 0) is 85.2 Å². The second kappa shape index (κ2) is 27.3. The molecule has 9 heterocycles. The number of allylic oxidation sites excluding steroid dienone is 1. The van der Waals surface area contributed by atoms with Crippen LogP contribution in [0.4, 0.5) is 17.7 Å². The Kier molecular flexibility index (Phi) is 20.8. The molecule has 9 rings (SSSR count). The van der Waals surface area contributed by atoms with Crippen molar-refractivity contribution >= 4 is 89.2 Å². The zero-order valence-electron chi connectivity index (χ0n) is 47.7. The van der Waals surface area contributed by atoms with Gasteiger partial charge in [0.05, 0.1) is 64.5 Å². The summed E-state index contributed by atoms with van der Waals surface area (Å²) in [5.74, 6) is -2.45. The highest BCUT2D eigenvalue weighted by Gasteiger charge is 2.54. The first-order valence-electron chi connectivity index (χ1n) is 26.7. The summed E-state index contributed by atoms with van der Waals surface area (Å²) >= 11 is 0. The van der Waals surface area contributed by atoms with E-state index in [0.717, 1.165) is 23.6 Å². The Morgan fingerprint density at radius 2 is 1.37 bits per heavy atom. The summed E-state index contributed by atoms with van der Waals surface area (Å²) in [6, 6.07) is 0. The summed E-state index contributed by atoms with van der Waals surface area (Å²) in [5.41, 5.74) is 17.3. The number of carbonyl (C=O) groups excluding carboxylic acids is 1. The lowest BCUT2D eigenvalue weighted by molar-refractivity contribution is -0.745. The van der Waals surface area contributed by atoms with Gasteiger partial charge in [0.15, 0.2) is 35.8 Å². The molecule has 0 radical (unpaired) electrons. The molecule has 89 heavy (non-hydrogen) atoms. The second-order valence-corrected chi connectivity index (χ2v) is 26.4. The number of hydrogen-bond acceptors (Lipinski definition) is 30. The largest absolute Gasteiger partial charge is 0.490 e. The van der Waals surface area contributed by atoms with E-state index in [1.54, 1.807) is 0 Å². The van der Waals surface area contributed by atoms with Crippen molar-refractivity contribution < 1.29 is 118 Å². The third kappa shape index (κ3) is 14.8. The third-order valence-corrected chi connectivity index (χ3v) is 19.9. The number of amides is 1. The number of hydrogen-bond donors (Lipinski definition) is 12. The Morgan fingerprint density at radius 3 is 2.02 bits per heavy atom. The van der Waals surface area contributed by atoms with Crippen LogP contribution in [0.15, 0.2) is 39.1 Å². The Labute approximate surface area is 501 Å². The maximum absolute atomic E-state index is 13.9. The van der Waals surface area contributed by atoms with Crippen LogP contribution in [0.3, 0.4) is 0 Å². The number of nitrogens with one attached hydrogen (secondary N) is 2. The summed E-state index contributed by atoms with van der Waals surface area (Å²) in [6.45, 7) is -1.18. The predicted molar refractivity (Wildman–Crippen MR) is 298 cm³/mol. The van der Waals surface area contributed by atoms with Crippen LogP contribution in [0.25, 0.3) is 28.0 Å². The first-order valence-corrected chi connectivity index (χ1v) is 32.7. The van der Waals surface area contributed by atoms with E-state index in [2.05, 4.69) is 43.5 Å². The number of aryl methyl sites for hydroxylation is 1. The van der Waals surface area contributed by atoms with Crippen molar-refractivity contribution in [2.24, 2.45) is 23.7 Å². The number of nitrogen functional groups attached to an aromatic ring is 2. The number of nitrogens with zero attached hydrogens (tertiary/aromatic N) is 10. The molecule has 4 aliphatic heterocycles. The monoisotopic (exact) mass is 1340 g/mol. The van der Waals surface area contributed by atoms with Gasteiger partial charge in [-0.3, -0.25) is 56.1 Å². The lowest BCUT2D eigenvalue weighted by Gasteiger charge is -2.26. The van der Waals surface area contributed by atoms with Gasteiger partial charge in [0.1, 0.15) is 48.4 Å². The van der Waals surface area contributed by atoms with Gasteiger partial charge in [-0.2, -0.15) is 13.6 Å². The number of phosphoric ester groups is 3. The Morgan fingerprint density at radius 1 is 0.764 bits per heavy atom. The fraction of sp³-hybridized carbons (Fsp3) is 0.614. The van der Waals surface area contributed by atoms with Crippen LogP contribution < -0.4 is 32.9 Å². The minimum absolute atomic E-state index is 0.0230. The van der Waals surface area contributed by atoms with Crippen LogP contribution in [0, 0.1) is 5.92 Å². The topological polar surface area (TPSA) is 567 Å². The molecule has 5 aromatic heterocycles. The number of aliphatic hydroxyl groups excluding tert-OH is 3. The molecule has 0 saturated carbocycles. The fourth-order valence-electron chi connectivity index (χ4n) is 10.4. The molecule has 0 aliphatic carbocycles. The van der Waals surface area contributed by atoms with Crippen molar-refractivity contribution in [1.82, 2.24) is 48.5 Å². The number of H-pyrrole nitrogens is 2. The molecule has 1 amide bonds. The minimum atomic E-state index is -6.29. The number of phosphoric acid groups is 4. The highest BCUT2D eigenvalue weighted by molar-refractivity contribution is 7.66. The maximum Gasteiger partial charge on any atom is 0.490 e. The van der Waals surface area contributed by atoms with E-state index in [0.29, 0.717) is 12.8 Å². The van der Waals surface area contributed by atoms with Gasteiger partial charge < -0.3 is 85.4 Å². The average Bonchev–Trinajstić information content (AvgIpc) is 1.89. The molecule has 5 aromatic rings. The van der Waals surface area contributed by atoms with Crippen LogP contribution in [0.1, 0.15) is 50.6 Å². The number of imidazole rings is 3. The lowest BCUT2D eigenvalue weighted by Crippen LogP contribution is -2.46. The van der Waals surface area contributed by atoms with Gasteiger partial charge in [0.2, 0.25) is 23.6 Å². The van der Waals surface area contributed by atoms with E-state index >= 15 is 0 Å². The SMILES string of the molecule is CCC1=C(N)c2ncn([C@@H]3O[C@H](COP(=O)(O)OP(=O)(O)OP(=O)(O)OC[C@H]4OC([n+]5cn(C)c6c(=O)[nH]c(N)nc65)[C@H](O)[C@@H]4CC(=O)N(CCOC)CCOC)[C@@H](OP(=O)(O)OC[C@H]4O[C@@H](n5cnc6c(=O)[nH]c(N)nc65)[C@H](O)[C@@H]4O)[C@H]3OC)c2N=CC1. The molecular weight excluding hydrogens is 1280 g/mol. The van der Waals surface area contributed by atoms with Gasteiger partial charge in [-0.25, -0.2) is 37.8 Å². The molecule has 5 unspecified atom stereocenters. The first-order chi connectivity index (χ1) is 42.0. The quantitative estimate of drug-likeness (QED) is 0.0185. The number of aliphatic imine (C=N–C) groups is 1. The number of rotatable bonds is 28. The van der Waals surface area contributed by atoms with E-state index < -0.39 is 148 Å². The highest BCUT2D eigenvalue weighted by Crippen LogP contribution is 2.68. The number of fused-ring (bicyclic) bond motifs is 3. The smallest absolute Gasteiger partial charge is 0.397 e. The van der Waals surface area contributed by atoms with Crippen molar-refractivity contribution in [3.63, 3.8) is 0 Å². The zero-order chi connectivity index (χ0) is 64.7. The van der Waals surface area contributed by atoms with E-state index in [4.69, 9.17) is 63.7 Å². The number of ether oxygens (including phenoxy) is 6. The van der Waals surface area contributed by atoms with Gasteiger partial charge in [0, 0.05) is 59.4 Å². The first kappa shape index (κ1) is 67.7. The summed E-state index contributed by atoms with van der Waals surface area (Å²) in [5, 5.41) is 33.8. The number of carbonyl (C=O) groups is 1. The minimum Gasteiger partial charge on any atom is -0.397 e. The molecule has 0 aromatic carbocycles. The Bertz CT molecular complexity index is 3800. The predicted octanol–water partition coefficient (Wildman–Crippen LogP) is -2.28. The summed E-state index contributed by atoms with van der Waals surface area (Å²) in [7, 11) is -18.4. The summed E-state index contributed by atoms with van der Waals surface area (Å²) < 4.78 is 123. The molecule has 45 heteroatoms. The molecule has 3 saturated heterocycles. The molecule has 0 bridgehead atoms. The average molecular weight is 1340 g/mol. The van der Waals surface area contributed by atoms with Crippen LogP contribution >= 0.6 is 31.3 Å². The van der Waals surface area contributed by atoms with Gasteiger partial charge in [0.25, 0.3) is 17.1 Å². The number of aromatic nitrogens is 10. The highest BCUT2D eigenvalue weighted by atomic mass is 31.3. The van der Waals surface area contributed by atoms with Gasteiger partial charge in [-0.15, -0.1) is 0 Å². The maximum atomic E-state index is 13.9. The van der Waals surface area contributed by atoms with Gasteiger partial charge in [-0.1, -0.05) is 11.9 Å². The van der Waals surface area contributed by atoms with Crippen LogP contribution in [0.5, 0.6) is 0 Å². The van der Waals surface area contributed by atoms with Crippen molar-refractivity contribution in [3.05, 3.63) is 51.0 Å². The van der Waals surface area contributed by atoms with E-state index in [9.17, 15) is 67.5 Å². The fourth-order valence-corrected chi connectivity index (χ4v) is 14.9. The van der Waals surface area contributed by atoms with Gasteiger partial charge in [-0.05, 0) is 12.0 Å². The van der Waals surface area contributed by atoms with Gasteiger partial charge >= 0.3 is 36.9 Å². The summed E-state index contributed by atoms with van der Waals surface area (Å²) in [6.07, 6.45) is -12.8. The number of aromatic amines is 2. The van der Waals surface area contributed by atoms with Crippen molar-refractivity contribution in [3.8, 4) is 0 Å². The zero-order valence-corrected chi connectivity index (χ0v) is 51.3. The lowest BCUT2D eigenvalue weighted by atomic mass is 9.93. The summed E-state index contributed by atoms with van der Waals surface area (Å²) in [4.78, 5) is 110. The normalized spacial score (nSPS) is 28.2. The number of nitrogens with two attached hydrogens (primary N) is 3. The van der Waals surface area contributed by atoms with Crippen LogP contribution in [0.2, 0.25) is 0 Å². The van der Waals surface area contributed by atoms with E-state index in [1.165, 1.54) is 58.7 Å². The molecule has 16 atom stereocenters.